The van der Waals surface area contributed by atoms with Crippen LogP contribution in [0.15, 0.2) is 16.9 Å². The molecule has 7 heteroatoms. The van der Waals surface area contributed by atoms with Gasteiger partial charge in [-0.05, 0) is 12.3 Å². The van der Waals surface area contributed by atoms with E-state index in [1.165, 1.54) is 12.4 Å². The van der Waals surface area contributed by atoms with Crippen LogP contribution >= 0.6 is 0 Å². The van der Waals surface area contributed by atoms with Crippen LogP contribution in [0.4, 0.5) is 8.78 Å². The van der Waals surface area contributed by atoms with E-state index >= 15 is 0 Å². The van der Waals surface area contributed by atoms with Gasteiger partial charge in [0, 0.05) is 18.3 Å². The van der Waals surface area contributed by atoms with Crippen LogP contribution in [0.25, 0.3) is 0 Å². The van der Waals surface area contributed by atoms with E-state index in [2.05, 4.69) is 22.0 Å². The van der Waals surface area contributed by atoms with E-state index in [4.69, 9.17) is 4.52 Å². The fraction of sp³-hybridized carbons (Fsp3) is 0.545. The molecule has 0 aromatic carbocycles. The SMILES string of the molecule is C[C@H]1C[C@@H]1c1nc(Cc2nccn2C(F)F)no1. The minimum Gasteiger partial charge on any atom is -0.339 e. The zero-order valence-corrected chi connectivity index (χ0v) is 9.75. The van der Waals surface area contributed by atoms with Crippen molar-refractivity contribution >= 4 is 0 Å². The van der Waals surface area contributed by atoms with Crippen LogP contribution in [0.3, 0.4) is 0 Å². The lowest BCUT2D eigenvalue weighted by molar-refractivity contribution is 0.0673. The maximum atomic E-state index is 12.6. The molecule has 0 aliphatic heterocycles. The van der Waals surface area contributed by atoms with Crippen molar-refractivity contribution in [3.05, 3.63) is 29.9 Å². The van der Waals surface area contributed by atoms with Gasteiger partial charge in [-0.15, -0.1) is 0 Å². The molecule has 0 radical (unpaired) electrons. The van der Waals surface area contributed by atoms with Crippen molar-refractivity contribution in [1.82, 2.24) is 19.7 Å². The van der Waals surface area contributed by atoms with E-state index in [1.807, 2.05) is 0 Å². The summed E-state index contributed by atoms with van der Waals surface area (Å²) in [5.41, 5.74) is 0. The minimum absolute atomic E-state index is 0.155. The Morgan fingerprint density at radius 1 is 1.56 bits per heavy atom. The Labute approximate surface area is 102 Å². The summed E-state index contributed by atoms with van der Waals surface area (Å²) in [5.74, 6) is 2.15. The molecule has 3 rings (SSSR count). The number of imidazole rings is 1. The summed E-state index contributed by atoms with van der Waals surface area (Å²) in [5, 5.41) is 3.80. The summed E-state index contributed by atoms with van der Waals surface area (Å²) >= 11 is 0. The Balaban J connectivity index is 1.76. The summed E-state index contributed by atoms with van der Waals surface area (Å²) < 4.78 is 31.2. The largest absolute Gasteiger partial charge is 0.339 e. The van der Waals surface area contributed by atoms with Crippen molar-refractivity contribution in [3.8, 4) is 0 Å². The number of nitrogens with zero attached hydrogens (tertiary/aromatic N) is 4. The Morgan fingerprint density at radius 2 is 2.33 bits per heavy atom. The third-order valence-electron chi connectivity index (χ3n) is 3.19. The maximum absolute atomic E-state index is 12.6. The highest BCUT2D eigenvalue weighted by Crippen LogP contribution is 2.46. The van der Waals surface area contributed by atoms with Crippen LogP contribution in [0.5, 0.6) is 0 Å². The molecule has 0 amide bonds. The van der Waals surface area contributed by atoms with Gasteiger partial charge in [0.25, 0.3) is 0 Å². The third kappa shape index (κ3) is 2.00. The monoisotopic (exact) mass is 254 g/mol. The van der Waals surface area contributed by atoms with E-state index in [0.717, 1.165) is 11.0 Å². The minimum atomic E-state index is -2.60. The number of rotatable bonds is 4. The molecular weight excluding hydrogens is 242 g/mol. The third-order valence-corrected chi connectivity index (χ3v) is 3.19. The lowest BCUT2D eigenvalue weighted by Gasteiger charge is -2.03. The number of halogens is 2. The van der Waals surface area contributed by atoms with Crippen molar-refractivity contribution in [2.75, 3.05) is 0 Å². The molecule has 2 aromatic heterocycles. The summed E-state index contributed by atoms with van der Waals surface area (Å²) in [6.45, 7) is -0.491. The fourth-order valence-electron chi connectivity index (χ4n) is 1.96. The van der Waals surface area contributed by atoms with Gasteiger partial charge in [-0.25, -0.2) is 4.98 Å². The van der Waals surface area contributed by atoms with E-state index in [-0.39, 0.29) is 12.2 Å². The zero-order valence-electron chi connectivity index (χ0n) is 9.75. The number of aromatic nitrogens is 4. The molecule has 0 unspecified atom stereocenters. The van der Waals surface area contributed by atoms with Crippen LogP contribution in [0, 0.1) is 5.92 Å². The Hall–Kier alpha value is -1.79. The molecule has 0 N–H and O–H groups in total. The number of alkyl halides is 2. The van der Waals surface area contributed by atoms with Crippen LogP contribution in [0.1, 0.15) is 43.4 Å². The zero-order chi connectivity index (χ0) is 12.7. The summed E-state index contributed by atoms with van der Waals surface area (Å²) in [6, 6.07) is 0. The second-order valence-electron chi connectivity index (χ2n) is 4.57. The fourth-order valence-corrected chi connectivity index (χ4v) is 1.96. The van der Waals surface area contributed by atoms with E-state index < -0.39 is 6.55 Å². The van der Waals surface area contributed by atoms with Gasteiger partial charge in [-0.1, -0.05) is 12.1 Å². The molecule has 1 fully saturated rings. The number of hydrogen-bond acceptors (Lipinski definition) is 4. The van der Waals surface area contributed by atoms with Gasteiger partial charge in [0.15, 0.2) is 5.82 Å². The predicted molar refractivity (Wildman–Crippen MR) is 57.1 cm³/mol. The first kappa shape index (κ1) is 11.3. The van der Waals surface area contributed by atoms with Crippen molar-refractivity contribution in [2.24, 2.45) is 5.92 Å². The molecule has 0 bridgehead atoms. The molecule has 0 saturated heterocycles. The molecule has 18 heavy (non-hydrogen) atoms. The summed E-state index contributed by atoms with van der Waals surface area (Å²) in [6.07, 6.45) is 3.78. The second-order valence-corrected chi connectivity index (χ2v) is 4.57. The Kier molecular flexibility index (Phi) is 2.61. The molecule has 5 nitrogen and oxygen atoms in total. The lowest BCUT2D eigenvalue weighted by Crippen LogP contribution is -2.05. The van der Waals surface area contributed by atoms with Gasteiger partial charge >= 0.3 is 6.55 Å². The van der Waals surface area contributed by atoms with Crippen molar-refractivity contribution in [3.63, 3.8) is 0 Å². The first-order valence-electron chi connectivity index (χ1n) is 5.77. The Morgan fingerprint density at radius 3 is 3.00 bits per heavy atom. The summed E-state index contributed by atoms with van der Waals surface area (Å²) in [4.78, 5) is 8.10. The van der Waals surface area contributed by atoms with Gasteiger partial charge in [-0.3, -0.25) is 4.57 Å². The van der Waals surface area contributed by atoms with Gasteiger partial charge in [0.1, 0.15) is 5.82 Å². The highest BCUT2D eigenvalue weighted by molar-refractivity contribution is 5.08. The van der Waals surface area contributed by atoms with Crippen LogP contribution in [-0.2, 0) is 6.42 Å². The van der Waals surface area contributed by atoms with Gasteiger partial charge in [0.2, 0.25) is 5.89 Å². The van der Waals surface area contributed by atoms with Crippen molar-refractivity contribution in [2.45, 2.75) is 32.2 Å². The lowest BCUT2D eigenvalue weighted by atomic mass is 10.3. The van der Waals surface area contributed by atoms with E-state index in [0.29, 0.717) is 23.6 Å². The molecule has 1 aliphatic rings. The average Bonchev–Trinajstić information content (AvgIpc) is 2.80. The molecule has 96 valence electrons. The highest BCUT2D eigenvalue weighted by Gasteiger charge is 2.38. The normalized spacial score (nSPS) is 22.7. The number of hydrogen-bond donors (Lipinski definition) is 0. The van der Waals surface area contributed by atoms with Gasteiger partial charge in [0.05, 0.1) is 6.42 Å². The molecule has 2 heterocycles. The van der Waals surface area contributed by atoms with Crippen molar-refractivity contribution < 1.29 is 13.3 Å². The van der Waals surface area contributed by atoms with Gasteiger partial charge < -0.3 is 4.52 Å². The van der Waals surface area contributed by atoms with Crippen LogP contribution < -0.4 is 0 Å². The first-order chi connectivity index (χ1) is 8.65. The van der Waals surface area contributed by atoms with Crippen LogP contribution in [-0.4, -0.2) is 19.7 Å². The second kappa shape index (κ2) is 4.15. The molecule has 1 aliphatic carbocycles. The highest BCUT2D eigenvalue weighted by atomic mass is 19.3. The molecule has 2 aromatic rings. The maximum Gasteiger partial charge on any atom is 0.319 e. The molecule has 0 spiro atoms. The Bertz CT molecular complexity index is 551. The van der Waals surface area contributed by atoms with E-state index in [9.17, 15) is 8.78 Å². The molecule has 2 atom stereocenters. The summed E-state index contributed by atoms with van der Waals surface area (Å²) in [7, 11) is 0. The molecular formula is C11H12F2N4O. The van der Waals surface area contributed by atoms with E-state index in [1.54, 1.807) is 0 Å². The van der Waals surface area contributed by atoms with Gasteiger partial charge in [-0.2, -0.15) is 13.8 Å². The first-order valence-corrected chi connectivity index (χ1v) is 5.77. The smallest absolute Gasteiger partial charge is 0.319 e. The quantitative estimate of drug-likeness (QED) is 0.840. The standard InChI is InChI=1S/C11H12F2N4O/c1-6-4-7(6)10-15-8(16-18-10)5-9-14-2-3-17(9)11(12)13/h2-3,6-7,11H,4-5H2,1H3/t6-,7-/m0/s1. The van der Waals surface area contributed by atoms with Crippen molar-refractivity contribution in [1.29, 1.82) is 0 Å². The topological polar surface area (TPSA) is 56.7 Å². The average molecular weight is 254 g/mol. The predicted octanol–water partition coefficient (Wildman–Crippen LogP) is 2.38. The molecule has 1 saturated carbocycles. The van der Waals surface area contributed by atoms with Crippen LogP contribution in [0.2, 0.25) is 0 Å².